The molecule has 0 radical (unpaired) electrons. The minimum Gasteiger partial charge on any atom is -0.470 e. The molecule has 0 bridgehead atoms. The van der Waals surface area contributed by atoms with Crippen LogP contribution in [0.25, 0.3) is 0 Å². The third-order valence-corrected chi connectivity index (χ3v) is 3.05. The van der Waals surface area contributed by atoms with Gasteiger partial charge in [0, 0.05) is 16.2 Å². The van der Waals surface area contributed by atoms with Gasteiger partial charge < -0.3 is 9.84 Å². The summed E-state index contributed by atoms with van der Waals surface area (Å²) in [5, 5.41) is 9.29. The Balaban J connectivity index is 2.19. The number of aromatic nitrogens is 1. The molecule has 1 aromatic carbocycles. The Morgan fingerprint density at radius 2 is 2.06 bits per heavy atom. The first kappa shape index (κ1) is 13.1. The number of rotatable bonds is 4. The van der Waals surface area contributed by atoms with Gasteiger partial charge in [0.2, 0.25) is 5.88 Å². The van der Waals surface area contributed by atoms with Gasteiger partial charge in [0.05, 0.1) is 6.61 Å². The van der Waals surface area contributed by atoms with Crippen LogP contribution in [-0.4, -0.2) is 10.1 Å². The highest BCUT2D eigenvalue weighted by molar-refractivity contribution is 9.10. The second kappa shape index (κ2) is 5.98. The molecule has 0 saturated heterocycles. The van der Waals surface area contributed by atoms with Crippen molar-refractivity contribution in [3.63, 3.8) is 0 Å². The van der Waals surface area contributed by atoms with Crippen LogP contribution >= 0.6 is 15.9 Å². The number of hydrogen-bond donors (Lipinski definition) is 1. The van der Waals surface area contributed by atoms with Crippen molar-refractivity contribution >= 4 is 15.9 Å². The molecular formula is C14H14BrNO2. The Morgan fingerprint density at radius 1 is 1.33 bits per heavy atom. The van der Waals surface area contributed by atoms with Crippen molar-refractivity contribution in [3.05, 3.63) is 58.2 Å². The van der Waals surface area contributed by atoms with Crippen LogP contribution in [0, 0.1) is 0 Å². The van der Waals surface area contributed by atoms with Crippen LogP contribution < -0.4 is 4.74 Å². The minimum atomic E-state index is -0.106. The van der Waals surface area contributed by atoms with E-state index in [2.05, 4.69) is 20.9 Å². The van der Waals surface area contributed by atoms with Gasteiger partial charge in [-0.2, -0.15) is 0 Å². The molecule has 18 heavy (non-hydrogen) atoms. The standard InChI is InChI=1S/C14H14BrNO2/c1-10(11-5-3-2-4-6-11)18-14-12(9-17)7-13(15)8-16-14/h2-8,10,17H,9H2,1H3. The smallest absolute Gasteiger partial charge is 0.219 e. The highest BCUT2D eigenvalue weighted by Gasteiger charge is 2.11. The van der Waals surface area contributed by atoms with Crippen molar-refractivity contribution in [3.8, 4) is 5.88 Å². The number of hydrogen-bond acceptors (Lipinski definition) is 3. The van der Waals surface area contributed by atoms with Gasteiger partial charge in [0.15, 0.2) is 0 Å². The number of aliphatic hydroxyl groups is 1. The fourth-order valence-electron chi connectivity index (χ4n) is 1.65. The van der Waals surface area contributed by atoms with E-state index in [1.165, 1.54) is 0 Å². The lowest BCUT2D eigenvalue weighted by Gasteiger charge is -2.16. The summed E-state index contributed by atoms with van der Waals surface area (Å²) < 4.78 is 6.61. The molecule has 1 N–H and O–H groups in total. The maximum atomic E-state index is 9.29. The van der Waals surface area contributed by atoms with Gasteiger partial charge in [-0.15, -0.1) is 0 Å². The predicted molar refractivity (Wildman–Crippen MR) is 73.3 cm³/mol. The van der Waals surface area contributed by atoms with E-state index < -0.39 is 0 Å². The maximum absolute atomic E-state index is 9.29. The Hall–Kier alpha value is -1.39. The summed E-state index contributed by atoms with van der Waals surface area (Å²) in [6.45, 7) is 1.86. The van der Waals surface area contributed by atoms with Gasteiger partial charge in [-0.05, 0) is 34.5 Å². The normalized spacial score (nSPS) is 12.2. The van der Waals surface area contributed by atoms with E-state index >= 15 is 0 Å². The van der Waals surface area contributed by atoms with Gasteiger partial charge in [-0.1, -0.05) is 30.3 Å². The van der Waals surface area contributed by atoms with E-state index in [4.69, 9.17) is 4.74 Å². The predicted octanol–water partition coefficient (Wildman–Crippen LogP) is 3.48. The summed E-state index contributed by atoms with van der Waals surface area (Å²) in [4.78, 5) is 4.19. The monoisotopic (exact) mass is 307 g/mol. The van der Waals surface area contributed by atoms with Crippen molar-refractivity contribution in [2.24, 2.45) is 0 Å². The molecule has 3 nitrogen and oxygen atoms in total. The summed E-state index contributed by atoms with van der Waals surface area (Å²) in [6, 6.07) is 11.7. The van der Waals surface area contributed by atoms with Gasteiger partial charge in [-0.25, -0.2) is 4.98 Å². The van der Waals surface area contributed by atoms with Crippen LogP contribution in [0.4, 0.5) is 0 Å². The molecule has 4 heteroatoms. The average Bonchev–Trinajstić information content (AvgIpc) is 2.41. The number of halogens is 1. The molecule has 2 aromatic rings. The summed E-state index contributed by atoms with van der Waals surface area (Å²) in [5.74, 6) is 0.469. The van der Waals surface area contributed by atoms with Crippen molar-refractivity contribution < 1.29 is 9.84 Å². The van der Waals surface area contributed by atoms with E-state index in [1.807, 2.05) is 37.3 Å². The molecular weight excluding hydrogens is 294 g/mol. The zero-order valence-electron chi connectivity index (χ0n) is 10.0. The zero-order valence-corrected chi connectivity index (χ0v) is 11.6. The minimum absolute atomic E-state index is 0.0940. The largest absolute Gasteiger partial charge is 0.470 e. The highest BCUT2D eigenvalue weighted by Crippen LogP contribution is 2.25. The number of ether oxygens (including phenoxy) is 1. The summed E-state index contributed by atoms with van der Waals surface area (Å²) in [5.41, 5.74) is 1.75. The molecule has 0 spiro atoms. The first-order chi connectivity index (χ1) is 8.70. The van der Waals surface area contributed by atoms with Crippen LogP contribution in [0.15, 0.2) is 47.1 Å². The fourth-order valence-corrected chi connectivity index (χ4v) is 2.03. The molecule has 94 valence electrons. The Labute approximate surface area is 115 Å². The molecule has 1 atom stereocenters. The third-order valence-electron chi connectivity index (χ3n) is 2.62. The quantitative estimate of drug-likeness (QED) is 0.940. The van der Waals surface area contributed by atoms with E-state index in [-0.39, 0.29) is 12.7 Å². The Morgan fingerprint density at radius 3 is 2.72 bits per heavy atom. The Bertz CT molecular complexity index is 516. The molecule has 1 unspecified atom stereocenters. The number of pyridine rings is 1. The Kier molecular flexibility index (Phi) is 4.33. The summed E-state index contributed by atoms with van der Waals surface area (Å²) in [6.07, 6.45) is 1.55. The van der Waals surface area contributed by atoms with Crippen molar-refractivity contribution in [1.29, 1.82) is 0 Å². The second-order valence-electron chi connectivity index (χ2n) is 3.95. The topological polar surface area (TPSA) is 42.4 Å². The molecule has 0 aliphatic heterocycles. The maximum Gasteiger partial charge on any atom is 0.219 e. The van der Waals surface area contributed by atoms with Crippen molar-refractivity contribution in [2.45, 2.75) is 19.6 Å². The van der Waals surface area contributed by atoms with Gasteiger partial charge in [0.1, 0.15) is 6.10 Å². The van der Waals surface area contributed by atoms with E-state index in [0.717, 1.165) is 10.0 Å². The number of nitrogens with zero attached hydrogens (tertiary/aromatic N) is 1. The molecule has 0 aliphatic rings. The van der Waals surface area contributed by atoms with E-state index in [1.54, 1.807) is 12.3 Å². The van der Waals surface area contributed by atoms with E-state index in [0.29, 0.717) is 11.4 Å². The number of benzene rings is 1. The second-order valence-corrected chi connectivity index (χ2v) is 4.86. The van der Waals surface area contributed by atoms with Crippen molar-refractivity contribution in [1.82, 2.24) is 4.98 Å². The number of aliphatic hydroxyl groups excluding tert-OH is 1. The van der Waals surface area contributed by atoms with Crippen LogP contribution in [-0.2, 0) is 6.61 Å². The first-order valence-electron chi connectivity index (χ1n) is 5.67. The van der Waals surface area contributed by atoms with Gasteiger partial charge >= 0.3 is 0 Å². The molecule has 1 aromatic heterocycles. The third kappa shape index (κ3) is 3.09. The van der Waals surface area contributed by atoms with Crippen LogP contribution in [0.1, 0.15) is 24.2 Å². The first-order valence-corrected chi connectivity index (χ1v) is 6.47. The average molecular weight is 308 g/mol. The highest BCUT2D eigenvalue weighted by atomic mass is 79.9. The molecule has 0 amide bonds. The van der Waals surface area contributed by atoms with Crippen LogP contribution in [0.2, 0.25) is 0 Å². The molecule has 0 saturated carbocycles. The van der Waals surface area contributed by atoms with E-state index in [9.17, 15) is 5.11 Å². The van der Waals surface area contributed by atoms with Crippen LogP contribution in [0.3, 0.4) is 0 Å². The fraction of sp³-hybridized carbons (Fsp3) is 0.214. The SMILES string of the molecule is CC(Oc1ncc(Br)cc1CO)c1ccccc1. The summed E-state index contributed by atoms with van der Waals surface area (Å²) >= 11 is 3.32. The molecule has 1 heterocycles. The molecule has 0 aliphatic carbocycles. The zero-order chi connectivity index (χ0) is 13.0. The van der Waals surface area contributed by atoms with Gasteiger partial charge in [0.25, 0.3) is 0 Å². The molecule has 2 rings (SSSR count). The lowest BCUT2D eigenvalue weighted by molar-refractivity contribution is 0.204. The lowest BCUT2D eigenvalue weighted by Crippen LogP contribution is -2.06. The van der Waals surface area contributed by atoms with Crippen LogP contribution in [0.5, 0.6) is 5.88 Å². The lowest BCUT2D eigenvalue weighted by atomic mass is 10.1. The van der Waals surface area contributed by atoms with Gasteiger partial charge in [-0.3, -0.25) is 0 Å². The molecule has 0 fully saturated rings. The summed E-state index contributed by atoms with van der Waals surface area (Å²) in [7, 11) is 0. The van der Waals surface area contributed by atoms with Crippen molar-refractivity contribution in [2.75, 3.05) is 0 Å².